The Kier molecular flexibility index (Phi) is 4.77. The summed E-state index contributed by atoms with van der Waals surface area (Å²) in [7, 11) is 1.91. The molecular formula is C15H17BrFNO. The predicted molar refractivity (Wildman–Crippen MR) is 77.7 cm³/mol. The molecule has 0 amide bonds. The van der Waals surface area contributed by atoms with Crippen LogP contribution in [0.3, 0.4) is 0 Å². The molecule has 1 atom stereocenters. The molecule has 1 unspecified atom stereocenters. The van der Waals surface area contributed by atoms with Crippen LogP contribution >= 0.6 is 15.9 Å². The molecule has 19 heavy (non-hydrogen) atoms. The Morgan fingerprint density at radius 3 is 2.84 bits per heavy atom. The second-order valence-electron chi connectivity index (χ2n) is 4.41. The van der Waals surface area contributed by atoms with E-state index < -0.39 is 0 Å². The first kappa shape index (κ1) is 14.3. The first-order valence-electron chi connectivity index (χ1n) is 6.33. The van der Waals surface area contributed by atoms with Crippen molar-refractivity contribution in [2.24, 2.45) is 0 Å². The highest BCUT2D eigenvalue weighted by Gasteiger charge is 2.17. The van der Waals surface area contributed by atoms with Gasteiger partial charge in [0.1, 0.15) is 11.6 Å². The third kappa shape index (κ3) is 3.07. The van der Waals surface area contributed by atoms with Gasteiger partial charge in [-0.2, -0.15) is 0 Å². The Labute approximate surface area is 121 Å². The van der Waals surface area contributed by atoms with Crippen LogP contribution in [0.2, 0.25) is 0 Å². The summed E-state index contributed by atoms with van der Waals surface area (Å²) in [5.74, 6) is 0.752. The van der Waals surface area contributed by atoms with E-state index >= 15 is 0 Å². The van der Waals surface area contributed by atoms with Gasteiger partial charge in [0.25, 0.3) is 0 Å². The van der Waals surface area contributed by atoms with Gasteiger partial charge in [-0.3, -0.25) is 0 Å². The molecule has 0 saturated carbocycles. The monoisotopic (exact) mass is 325 g/mol. The van der Waals surface area contributed by atoms with Gasteiger partial charge in [-0.25, -0.2) is 4.39 Å². The summed E-state index contributed by atoms with van der Waals surface area (Å²) in [6.07, 6.45) is 3.27. The molecule has 0 radical (unpaired) electrons. The molecule has 2 aromatic rings. The Hall–Kier alpha value is -1.13. The molecule has 0 spiro atoms. The van der Waals surface area contributed by atoms with Crippen LogP contribution < -0.4 is 5.32 Å². The molecule has 0 aliphatic carbocycles. The van der Waals surface area contributed by atoms with Crippen LogP contribution in [0, 0.1) is 5.82 Å². The van der Waals surface area contributed by atoms with E-state index in [1.807, 2.05) is 19.2 Å². The maximum Gasteiger partial charge on any atom is 0.137 e. The molecule has 1 aromatic heterocycles. The highest BCUT2D eigenvalue weighted by Crippen LogP contribution is 2.28. The lowest BCUT2D eigenvalue weighted by atomic mass is 9.98. The Balaban J connectivity index is 2.27. The van der Waals surface area contributed by atoms with Crippen molar-refractivity contribution in [1.29, 1.82) is 0 Å². The minimum atomic E-state index is -0.227. The van der Waals surface area contributed by atoms with Gasteiger partial charge in [-0.1, -0.05) is 19.1 Å². The quantitative estimate of drug-likeness (QED) is 0.889. The SMILES string of the molecule is CCc1occc1C(Cc1cccc(F)c1Br)NC. The van der Waals surface area contributed by atoms with E-state index in [0.29, 0.717) is 10.9 Å². The van der Waals surface area contributed by atoms with Crippen molar-refractivity contribution in [1.82, 2.24) is 5.32 Å². The Morgan fingerprint density at radius 2 is 2.16 bits per heavy atom. The van der Waals surface area contributed by atoms with Crippen molar-refractivity contribution in [2.75, 3.05) is 7.05 Å². The molecule has 2 rings (SSSR count). The van der Waals surface area contributed by atoms with Crippen LogP contribution in [-0.2, 0) is 12.8 Å². The van der Waals surface area contributed by atoms with Gasteiger partial charge in [0.05, 0.1) is 10.7 Å². The van der Waals surface area contributed by atoms with Crippen LogP contribution in [0.15, 0.2) is 39.4 Å². The number of hydrogen-bond acceptors (Lipinski definition) is 2. The molecule has 1 N–H and O–H groups in total. The van der Waals surface area contributed by atoms with Gasteiger partial charge >= 0.3 is 0 Å². The predicted octanol–water partition coefficient (Wildman–Crippen LogP) is 4.25. The minimum absolute atomic E-state index is 0.117. The largest absolute Gasteiger partial charge is 0.469 e. The van der Waals surface area contributed by atoms with Gasteiger partial charge < -0.3 is 9.73 Å². The lowest BCUT2D eigenvalue weighted by Crippen LogP contribution is -2.19. The lowest BCUT2D eigenvalue weighted by Gasteiger charge is -2.17. The number of furan rings is 1. The van der Waals surface area contributed by atoms with Crippen molar-refractivity contribution >= 4 is 15.9 Å². The number of hydrogen-bond donors (Lipinski definition) is 1. The second kappa shape index (κ2) is 6.35. The van der Waals surface area contributed by atoms with E-state index in [1.54, 1.807) is 12.3 Å². The van der Waals surface area contributed by atoms with Crippen LogP contribution in [0.4, 0.5) is 4.39 Å². The Bertz CT molecular complexity index is 553. The van der Waals surface area contributed by atoms with E-state index in [0.717, 1.165) is 23.3 Å². The van der Waals surface area contributed by atoms with Gasteiger partial charge in [-0.05, 0) is 47.1 Å². The molecule has 0 aliphatic heterocycles. The standard InChI is InChI=1S/C15H17BrFNO/c1-3-14-11(7-8-19-14)13(18-2)9-10-5-4-6-12(17)15(10)16/h4-8,13,18H,3,9H2,1-2H3. The smallest absolute Gasteiger partial charge is 0.137 e. The van der Waals surface area contributed by atoms with Crippen LogP contribution in [-0.4, -0.2) is 7.05 Å². The van der Waals surface area contributed by atoms with Gasteiger partial charge in [0, 0.05) is 18.0 Å². The first-order chi connectivity index (χ1) is 9.17. The van der Waals surface area contributed by atoms with E-state index in [-0.39, 0.29) is 11.9 Å². The normalized spacial score (nSPS) is 12.6. The zero-order valence-electron chi connectivity index (χ0n) is 11.0. The number of aryl methyl sites for hydroxylation is 1. The van der Waals surface area contributed by atoms with Gasteiger partial charge in [0.15, 0.2) is 0 Å². The van der Waals surface area contributed by atoms with Crippen molar-refractivity contribution in [2.45, 2.75) is 25.8 Å². The number of rotatable bonds is 5. The molecule has 0 saturated heterocycles. The van der Waals surface area contributed by atoms with E-state index in [1.165, 1.54) is 6.07 Å². The molecule has 0 aliphatic rings. The molecule has 102 valence electrons. The number of benzene rings is 1. The molecule has 1 aromatic carbocycles. The second-order valence-corrected chi connectivity index (χ2v) is 5.20. The van der Waals surface area contributed by atoms with E-state index in [9.17, 15) is 4.39 Å². The maximum absolute atomic E-state index is 13.5. The van der Waals surface area contributed by atoms with Crippen LogP contribution in [0.5, 0.6) is 0 Å². The Morgan fingerprint density at radius 1 is 1.37 bits per heavy atom. The molecule has 4 heteroatoms. The fourth-order valence-corrected chi connectivity index (χ4v) is 2.67. The summed E-state index contributed by atoms with van der Waals surface area (Å²) in [6, 6.07) is 7.22. The zero-order chi connectivity index (χ0) is 13.8. The highest BCUT2D eigenvalue weighted by atomic mass is 79.9. The fraction of sp³-hybridized carbons (Fsp3) is 0.333. The third-order valence-electron chi connectivity index (χ3n) is 3.28. The van der Waals surface area contributed by atoms with E-state index in [2.05, 4.69) is 28.2 Å². The summed E-state index contributed by atoms with van der Waals surface area (Å²) >= 11 is 3.31. The summed E-state index contributed by atoms with van der Waals surface area (Å²) in [6.45, 7) is 2.06. The van der Waals surface area contributed by atoms with Crippen LogP contribution in [0.25, 0.3) is 0 Å². The molecule has 0 fully saturated rings. The van der Waals surface area contributed by atoms with Gasteiger partial charge in [0.2, 0.25) is 0 Å². The third-order valence-corrected chi connectivity index (χ3v) is 4.17. The van der Waals surface area contributed by atoms with Crippen molar-refractivity contribution in [3.05, 3.63) is 57.7 Å². The minimum Gasteiger partial charge on any atom is -0.469 e. The summed E-state index contributed by atoms with van der Waals surface area (Å²) in [4.78, 5) is 0. The van der Waals surface area contributed by atoms with E-state index in [4.69, 9.17) is 4.42 Å². The summed E-state index contributed by atoms with van der Waals surface area (Å²) in [5, 5.41) is 3.27. The average molecular weight is 326 g/mol. The fourth-order valence-electron chi connectivity index (χ4n) is 2.24. The zero-order valence-corrected chi connectivity index (χ0v) is 12.6. The molecule has 0 bridgehead atoms. The summed E-state index contributed by atoms with van der Waals surface area (Å²) in [5.41, 5.74) is 2.09. The van der Waals surface area contributed by atoms with Crippen molar-refractivity contribution < 1.29 is 8.81 Å². The molecule has 2 nitrogen and oxygen atoms in total. The number of likely N-dealkylation sites (N-methyl/N-ethyl adjacent to an activating group) is 1. The summed E-state index contributed by atoms with van der Waals surface area (Å²) < 4.78 is 19.5. The molecular weight excluding hydrogens is 309 g/mol. The maximum atomic E-state index is 13.5. The lowest BCUT2D eigenvalue weighted by molar-refractivity contribution is 0.494. The topological polar surface area (TPSA) is 25.2 Å². The van der Waals surface area contributed by atoms with Gasteiger partial charge in [-0.15, -0.1) is 0 Å². The van der Waals surface area contributed by atoms with Crippen LogP contribution in [0.1, 0.15) is 29.9 Å². The molecule has 1 heterocycles. The van der Waals surface area contributed by atoms with Crippen molar-refractivity contribution in [3.63, 3.8) is 0 Å². The highest BCUT2D eigenvalue weighted by molar-refractivity contribution is 9.10. The first-order valence-corrected chi connectivity index (χ1v) is 7.13. The van der Waals surface area contributed by atoms with Crippen molar-refractivity contribution in [3.8, 4) is 0 Å². The number of nitrogens with one attached hydrogen (secondary N) is 1. The average Bonchev–Trinajstić information content (AvgIpc) is 2.88. The number of halogens is 2.